The predicted octanol–water partition coefficient (Wildman–Crippen LogP) is 1.50. The summed E-state index contributed by atoms with van der Waals surface area (Å²) in [4.78, 5) is 18.0. The van der Waals surface area contributed by atoms with E-state index in [0.717, 1.165) is 57.9 Å². The normalized spacial score (nSPS) is 21.6. The van der Waals surface area contributed by atoms with Crippen molar-refractivity contribution in [3.63, 3.8) is 0 Å². The summed E-state index contributed by atoms with van der Waals surface area (Å²) in [5, 5.41) is 3.33. The minimum absolute atomic E-state index is 0.161. The second-order valence-electron chi connectivity index (χ2n) is 6.96. The van der Waals surface area contributed by atoms with Crippen LogP contribution >= 0.6 is 0 Å². The number of amides is 1. The lowest BCUT2D eigenvalue weighted by Gasteiger charge is -2.34. The van der Waals surface area contributed by atoms with Crippen molar-refractivity contribution >= 4 is 11.9 Å². The Morgan fingerprint density at radius 2 is 2.19 bits per heavy atom. The fourth-order valence-electron chi connectivity index (χ4n) is 3.43. The summed E-state index contributed by atoms with van der Waals surface area (Å²) in [7, 11) is 0. The molecular weight excluding hydrogens is 348 g/mol. The van der Waals surface area contributed by atoms with E-state index >= 15 is 0 Å². The van der Waals surface area contributed by atoms with Crippen LogP contribution in [0.5, 0.6) is 0 Å². The summed E-state index contributed by atoms with van der Waals surface area (Å²) in [6, 6.07) is 3.31. The number of furan rings is 1. The molecule has 8 nitrogen and oxygen atoms in total. The third-order valence-corrected chi connectivity index (χ3v) is 4.91. The van der Waals surface area contributed by atoms with E-state index in [4.69, 9.17) is 19.6 Å². The zero-order chi connectivity index (χ0) is 19.1. The van der Waals surface area contributed by atoms with E-state index in [1.54, 1.807) is 12.1 Å². The Kier molecular flexibility index (Phi) is 7.11. The topological polar surface area (TPSA) is 102 Å². The molecule has 1 unspecified atom stereocenters. The van der Waals surface area contributed by atoms with Crippen molar-refractivity contribution in [1.29, 1.82) is 0 Å². The highest BCUT2D eigenvalue weighted by molar-refractivity contribution is 5.89. The molecule has 27 heavy (non-hydrogen) atoms. The number of nitrogens with one attached hydrogen (secondary N) is 1. The van der Waals surface area contributed by atoms with Gasteiger partial charge in [-0.2, -0.15) is 0 Å². The van der Waals surface area contributed by atoms with Gasteiger partial charge in [0, 0.05) is 26.2 Å². The number of rotatable bonds is 7. The lowest BCUT2D eigenvalue weighted by atomic mass is 10.1. The number of aliphatic imine (C=N–C) groups is 1. The molecule has 1 amide bonds. The van der Waals surface area contributed by atoms with Crippen LogP contribution in [-0.4, -0.2) is 61.8 Å². The van der Waals surface area contributed by atoms with Gasteiger partial charge >= 0.3 is 0 Å². The van der Waals surface area contributed by atoms with Crippen LogP contribution in [0.4, 0.5) is 0 Å². The summed E-state index contributed by atoms with van der Waals surface area (Å²) < 4.78 is 17.1. The Morgan fingerprint density at radius 1 is 1.37 bits per heavy atom. The second kappa shape index (κ2) is 9.75. The Morgan fingerprint density at radius 3 is 2.81 bits per heavy atom. The molecule has 2 saturated heterocycles. The maximum absolute atomic E-state index is 11.1. The van der Waals surface area contributed by atoms with Gasteiger partial charge in [-0.05, 0) is 44.7 Å². The third kappa shape index (κ3) is 5.71. The average Bonchev–Trinajstić information content (AvgIpc) is 3.36. The summed E-state index contributed by atoms with van der Waals surface area (Å²) in [6.07, 6.45) is 4.77. The van der Waals surface area contributed by atoms with E-state index in [-0.39, 0.29) is 18.0 Å². The second-order valence-corrected chi connectivity index (χ2v) is 6.96. The van der Waals surface area contributed by atoms with Crippen LogP contribution in [0.2, 0.25) is 0 Å². The van der Waals surface area contributed by atoms with Gasteiger partial charge in [0.15, 0.2) is 11.7 Å². The Hall–Kier alpha value is -2.06. The highest BCUT2D eigenvalue weighted by Gasteiger charge is 2.24. The molecule has 0 spiro atoms. The molecule has 0 saturated carbocycles. The van der Waals surface area contributed by atoms with Crippen LogP contribution in [0.15, 0.2) is 21.5 Å². The molecule has 2 aliphatic rings. The monoisotopic (exact) mass is 378 g/mol. The zero-order valence-electron chi connectivity index (χ0n) is 16.0. The minimum Gasteiger partial charge on any atom is -0.454 e. The number of ether oxygens (including phenoxy) is 2. The fraction of sp³-hybridized carbons (Fsp3) is 0.684. The first kappa shape index (κ1) is 19.7. The van der Waals surface area contributed by atoms with E-state index in [2.05, 4.69) is 15.2 Å². The smallest absolute Gasteiger partial charge is 0.284 e. The van der Waals surface area contributed by atoms with Crippen LogP contribution < -0.4 is 11.1 Å². The lowest BCUT2D eigenvalue weighted by Crippen LogP contribution is -2.47. The summed E-state index contributed by atoms with van der Waals surface area (Å²) in [6.45, 7) is 6.57. The first-order valence-corrected chi connectivity index (χ1v) is 9.80. The van der Waals surface area contributed by atoms with Crippen LogP contribution in [0.3, 0.4) is 0 Å². The van der Waals surface area contributed by atoms with Crippen LogP contribution in [-0.2, 0) is 16.0 Å². The van der Waals surface area contributed by atoms with Crippen molar-refractivity contribution in [1.82, 2.24) is 10.2 Å². The molecule has 1 atom stereocenters. The molecule has 150 valence electrons. The Bertz CT molecular complexity index is 631. The van der Waals surface area contributed by atoms with Crippen molar-refractivity contribution in [3.05, 3.63) is 23.7 Å². The first-order chi connectivity index (χ1) is 13.2. The van der Waals surface area contributed by atoms with Gasteiger partial charge < -0.3 is 29.8 Å². The van der Waals surface area contributed by atoms with Crippen molar-refractivity contribution in [2.45, 2.75) is 51.4 Å². The van der Waals surface area contributed by atoms with Gasteiger partial charge in [0.2, 0.25) is 0 Å². The molecule has 0 radical (unpaired) electrons. The number of hydrogen-bond acceptors (Lipinski definition) is 5. The van der Waals surface area contributed by atoms with E-state index in [9.17, 15) is 4.79 Å². The number of nitrogens with two attached hydrogens (primary N) is 1. The van der Waals surface area contributed by atoms with Crippen molar-refractivity contribution < 1.29 is 18.7 Å². The van der Waals surface area contributed by atoms with Gasteiger partial charge in [-0.15, -0.1) is 0 Å². The number of carbonyl (C=O) groups excluding carboxylic acids is 1. The molecule has 0 aromatic carbocycles. The summed E-state index contributed by atoms with van der Waals surface area (Å²) in [5.41, 5.74) is 5.22. The molecule has 2 aliphatic heterocycles. The Balaban J connectivity index is 1.48. The largest absolute Gasteiger partial charge is 0.454 e. The zero-order valence-corrected chi connectivity index (χ0v) is 16.0. The number of guanidine groups is 1. The van der Waals surface area contributed by atoms with Gasteiger partial charge in [-0.3, -0.25) is 4.79 Å². The van der Waals surface area contributed by atoms with Gasteiger partial charge in [-0.25, -0.2) is 4.99 Å². The van der Waals surface area contributed by atoms with E-state index in [1.165, 1.54) is 0 Å². The maximum atomic E-state index is 11.1. The third-order valence-electron chi connectivity index (χ3n) is 4.91. The van der Waals surface area contributed by atoms with E-state index in [1.807, 2.05) is 6.92 Å². The van der Waals surface area contributed by atoms with Gasteiger partial charge in [0.05, 0.1) is 18.8 Å². The predicted molar refractivity (Wildman–Crippen MR) is 102 cm³/mol. The molecular formula is C19H30N4O4. The minimum atomic E-state index is -0.567. The molecule has 1 aromatic rings. The number of carbonyl (C=O) groups is 1. The average molecular weight is 378 g/mol. The standard InChI is InChI=1S/C19H30N4O4/c1-2-21-19(22-12-15-5-6-17(27-15)18(20)24)23-9-7-14(8-10-23)26-13-16-4-3-11-25-16/h5-6,14,16H,2-4,7-13H2,1H3,(H2,20,24)(H,21,22). The summed E-state index contributed by atoms with van der Waals surface area (Å²) in [5.74, 6) is 1.07. The first-order valence-electron chi connectivity index (χ1n) is 9.80. The van der Waals surface area contributed by atoms with E-state index < -0.39 is 5.91 Å². The molecule has 1 aromatic heterocycles. The van der Waals surface area contributed by atoms with Crippen LogP contribution in [0.25, 0.3) is 0 Å². The Labute approximate surface area is 160 Å². The number of hydrogen-bond donors (Lipinski definition) is 2. The quantitative estimate of drug-likeness (QED) is 0.551. The van der Waals surface area contributed by atoms with Crippen LogP contribution in [0, 0.1) is 0 Å². The number of nitrogens with zero attached hydrogens (tertiary/aromatic N) is 2. The molecule has 0 bridgehead atoms. The van der Waals surface area contributed by atoms with Crippen molar-refractivity contribution in [3.8, 4) is 0 Å². The van der Waals surface area contributed by atoms with Crippen molar-refractivity contribution in [2.75, 3.05) is 32.8 Å². The highest BCUT2D eigenvalue weighted by Crippen LogP contribution is 2.18. The number of primary amides is 1. The molecule has 8 heteroatoms. The van der Waals surface area contributed by atoms with Gasteiger partial charge in [0.1, 0.15) is 12.3 Å². The fourth-order valence-corrected chi connectivity index (χ4v) is 3.43. The van der Waals surface area contributed by atoms with Crippen molar-refractivity contribution in [2.24, 2.45) is 10.7 Å². The molecule has 3 heterocycles. The number of likely N-dealkylation sites (tertiary alicyclic amines) is 1. The molecule has 0 aliphatic carbocycles. The summed E-state index contributed by atoms with van der Waals surface area (Å²) >= 11 is 0. The van der Waals surface area contributed by atoms with Gasteiger partial charge in [-0.1, -0.05) is 0 Å². The van der Waals surface area contributed by atoms with E-state index in [0.29, 0.717) is 18.9 Å². The van der Waals surface area contributed by atoms with Gasteiger partial charge in [0.25, 0.3) is 5.91 Å². The van der Waals surface area contributed by atoms with Crippen LogP contribution in [0.1, 0.15) is 48.9 Å². The lowest BCUT2D eigenvalue weighted by molar-refractivity contribution is -0.0367. The molecule has 2 fully saturated rings. The maximum Gasteiger partial charge on any atom is 0.284 e. The molecule has 3 N–H and O–H groups in total. The highest BCUT2D eigenvalue weighted by atomic mass is 16.5. The number of piperidine rings is 1. The SMILES string of the molecule is CCNC(=NCc1ccc(C(N)=O)o1)N1CCC(OCC2CCCO2)CC1. The molecule has 3 rings (SSSR count).